The first kappa shape index (κ1) is 14.9. The molecule has 4 heteroatoms. The Labute approximate surface area is 120 Å². The Balaban J connectivity index is 1.96. The molecule has 1 fully saturated rings. The maximum Gasteiger partial charge on any atom is 0.223 e. The van der Waals surface area contributed by atoms with Crippen molar-refractivity contribution in [2.24, 2.45) is 5.73 Å². The summed E-state index contributed by atoms with van der Waals surface area (Å²) in [6.07, 6.45) is 3.55. The third-order valence-electron chi connectivity index (χ3n) is 3.63. The van der Waals surface area contributed by atoms with Gasteiger partial charge in [-0.1, -0.05) is 12.1 Å². The van der Waals surface area contributed by atoms with E-state index in [2.05, 4.69) is 0 Å². The minimum Gasteiger partial charge on any atom is -0.497 e. The van der Waals surface area contributed by atoms with Gasteiger partial charge < -0.3 is 15.4 Å². The Bertz CT molecular complexity index is 438. The van der Waals surface area contributed by atoms with Gasteiger partial charge in [0, 0.05) is 25.0 Å². The zero-order valence-electron chi connectivity index (χ0n) is 12.3. The van der Waals surface area contributed by atoms with Crippen LogP contribution in [0, 0.1) is 0 Å². The molecule has 1 unspecified atom stereocenters. The van der Waals surface area contributed by atoms with Crippen LogP contribution in [-0.4, -0.2) is 30.0 Å². The predicted molar refractivity (Wildman–Crippen MR) is 79.4 cm³/mol. The standard InChI is InChI=1S/C16H24N2O2/c1-12(17)3-10-16(19)18(14-6-7-14)11-13-4-8-15(20-2)9-5-13/h4-5,8-9,12,14H,3,6-7,10-11,17H2,1-2H3. The molecule has 0 heterocycles. The van der Waals surface area contributed by atoms with Crippen molar-refractivity contribution in [1.29, 1.82) is 0 Å². The lowest BCUT2D eigenvalue weighted by Crippen LogP contribution is -2.33. The number of benzene rings is 1. The van der Waals surface area contributed by atoms with E-state index in [4.69, 9.17) is 10.5 Å². The summed E-state index contributed by atoms with van der Waals surface area (Å²) < 4.78 is 5.15. The Kier molecular flexibility index (Phi) is 5.01. The quantitative estimate of drug-likeness (QED) is 0.831. The molecule has 1 amide bonds. The summed E-state index contributed by atoms with van der Waals surface area (Å²) in [5.74, 6) is 1.07. The van der Waals surface area contributed by atoms with Crippen LogP contribution in [0.2, 0.25) is 0 Å². The first-order valence-corrected chi connectivity index (χ1v) is 7.28. The molecule has 1 aliphatic carbocycles. The molecule has 2 rings (SSSR count). The number of carbonyl (C=O) groups is 1. The molecule has 0 aromatic heterocycles. The van der Waals surface area contributed by atoms with Gasteiger partial charge in [0.1, 0.15) is 5.75 Å². The van der Waals surface area contributed by atoms with Gasteiger partial charge in [-0.05, 0) is 43.9 Å². The van der Waals surface area contributed by atoms with Crippen molar-refractivity contribution in [3.05, 3.63) is 29.8 Å². The average Bonchev–Trinajstić information content (AvgIpc) is 3.27. The minimum absolute atomic E-state index is 0.0842. The van der Waals surface area contributed by atoms with Crippen molar-refractivity contribution >= 4 is 5.91 Å². The number of carbonyl (C=O) groups excluding carboxylic acids is 1. The van der Waals surface area contributed by atoms with Crippen molar-refractivity contribution in [2.45, 2.75) is 51.2 Å². The number of ether oxygens (including phenoxy) is 1. The molecule has 20 heavy (non-hydrogen) atoms. The molecule has 0 aliphatic heterocycles. The summed E-state index contributed by atoms with van der Waals surface area (Å²) >= 11 is 0. The Morgan fingerprint density at radius 2 is 2.05 bits per heavy atom. The van der Waals surface area contributed by atoms with Gasteiger partial charge in [-0.25, -0.2) is 0 Å². The van der Waals surface area contributed by atoms with E-state index in [1.54, 1.807) is 7.11 Å². The van der Waals surface area contributed by atoms with Gasteiger partial charge in [0.25, 0.3) is 0 Å². The molecule has 1 atom stereocenters. The summed E-state index contributed by atoms with van der Waals surface area (Å²) in [7, 11) is 1.66. The molecule has 0 radical (unpaired) electrons. The fourth-order valence-corrected chi connectivity index (χ4v) is 2.23. The summed E-state index contributed by atoms with van der Waals surface area (Å²) in [6, 6.07) is 8.43. The highest BCUT2D eigenvalue weighted by Crippen LogP contribution is 2.29. The largest absolute Gasteiger partial charge is 0.497 e. The molecule has 110 valence electrons. The predicted octanol–water partition coefficient (Wildman–Crippen LogP) is 2.31. The molecule has 1 saturated carbocycles. The van der Waals surface area contributed by atoms with Gasteiger partial charge in [-0.2, -0.15) is 0 Å². The number of rotatable bonds is 7. The van der Waals surface area contributed by atoms with Crippen LogP contribution in [0.25, 0.3) is 0 Å². The van der Waals surface area contributed by atoms with Crippen LogP contribution in [0.4, 0.5) is 0 Å². The number of hydrogen-bond acceptors (Lipinski definition) is 3. The van der Waals surface area contributed by atoms with Gasteiger partial charge in [0.05, 0.1) is 7.11 Å². The third kappa shape index (κ3) is 4.23. The molecule has 0 saturated heterocycles. The topological polar surface area (TPSA) is 55.6 Å². The van der Waals surface area contributed by atoms with Crippen molar-refractivity contribution in [1.82, 2.24) is 4.90 Å². The number of nitrogens with zero attached hydrogens (tertiary/aromatic N) is 1. The van der Waals surface area contributed by atoms with Crippen molar-refractivity contribution < 1.29 is 9.53 Å². The monoisotopic (exact) mass is 276 g/mol. The highest BCUT2D eigenvalue weighted by Gasteiger charge is 2.32. The lowest BCUT2D eigenvalue weighted by atomic mass is 10.1. The van der Waals surface area contributed by atoms with Gasteiger partial charge in [-0.15, -0.1) is 0 Å². The molecule has 4 nitrogen and oxygen atoms in total. The fraction of sp³-hybridized carbons (Fsp3) is 0.562. The van der Waals surface area contributed by atoms with Gasteiger partial charge in [-0.3, -0.25) is 4.79 Å². The van der Waals surface area contributed by atoms with E-state index in [1.165, 1.54) is 0 Å². The average molecular weight is 276 g/mol. The smallest absolute Gasteiger partial charge is 0.223 e. The van der Waals surface area contributed by atoms with Crippen LogP contribution in [0.5, 0.6) is 5.75 Å². The first-order valence-electron chi connectivity index (χ1n) is 7.28. The third-order valence-corrected chi connectivity index (χ3v) is 3.63. The summed E-state index contributed by atoms with van der Waals surface area (Å²) in [4.78, 5) is 14.3. The first-order chi connectivity index (χ1) is 9.60. The maximum absolute atomic E-state index is 12.3. The SMILES string of the molecule is COc1ccc(CN(C(=O)CCC(C)N)C2CC2)cc1. The van der Waals surface area contributed by atoms with Crippen LogP contribution in [0.15, 0.2) is 24.3 Å². The Hall–Kier alpha value is -1.55. The normalized spacial score (nSPS) is 15.8. The molecular weight excluding hydrogens is 252 g/mol. The number of nitrogens with two attached hydrogens (primary N) is 1. The fourth-order valence-electron chi connectivity index (χ4n) is 2.23. The second-order valence-corrected chi connectivity index (χ2v) is 5.62. The molecule has 1 aromatic carbocycles. The Morgan fingerprint density at radius 1 is 1.40 bits per heavy atom. The maximum atomic E-state index is 12.3. The van der Waals surface area contributed by atoms with Crippen LogP contribution in [0.1, 0.15) is 38.2 Å². The van der Waals surface area contributed by atoms with E-state index >= 15 is 0 Å². The zero-order valence-corrected chi connectivity index (χ0v) is 12.3. The van der Waals surface area contributed by atoms with E-state index in [0.29, 0.717) is 19.0 Å². The van der Waals surface area contributed by atoms with E-state index in [-0.39, 0.29) is 11.9 Å². The van der Waals surface area contributed by atoms with E-state index in [1.807, 2.05) is 36.1 Å². The lowest BCUT2D eigenvalue weighted by molar-refractivity contribution is -0.132. The van der Waals surface area contributed by atoms with Crippen molar-refractivity contribution in [2.75, 3.05) is 7.11 Å². The lowest BCUT2D eigenvalue weighted by Gasteiger charge is -2.23. The number of hydrogen-bond donors (Lipinski definition) is 1. The highest BCUT2D eigenvalue weighted by molar-refractivity contribution is 5.77. The molecular formula is C16H24N2O2. The molecule has 0 spiro atoms. The number of methoxy groups -OCH3 is 1. The minimum atomic E-state index is 0.0842. The van der Waals surface area contributed by atoms with Crippen molar-refractivity contribution in [3.8, 4) is 5.75 Å². The van der Waals surface area contributed by atoms with E-state index < -0.39 is 0 Å². The second-order valence-electron chi connectivity index (χ2n) is 5.62. The molecule has 1 aromatic rings. The molecule has 2 N–H and O–H groups in total. The van der Waals surface area contributed by atoms with Crippen LogP contribution >= 0.6 is 0 Å². The zero-order chi connectivity index (χ0) is 14.5. The van der Waals surface area contributed by atoms with Gasteiger partial charge in [0.15, 0.2) is 0 Å². The van der Waals surface area contributed by atoms with Crippen LogP contribution < -0.4 is 10.5 Å². The van der Waals surface area contributed by atoms with Crippen LogP contribution in [0.3, 0.4) is 0 Å². The Morgan fingerprint density at radius 3 is 2.55 bits per heavy atom. The molecule has 1 aliphatic rings. The van der Waals surface area contributed by atoms with E-state index in [9.17, 15) is 4.79 Å². The summed E-state index contributed by atoms with van der Waals surface area (Å²) in [5, 5.41) is 0. The van der Waals surface area contributed by atoms with Crippen molar-refractivity contribution in [3.63, 3.8) is 0 Å². The second kappa shape index (κ2) is 6.75. The summed E-state index contributed by atoms with van der Waals surface area (Å²) in [5.41, 5.74) is 6.88. The number of amides is 1. The highest BCUT2D eigenvalue weighted by atomic mass is 16.5. The van der Waals surface area contributed by atoms with Gasteiger partial charge in [0.2, 0.25) is 5.91 Å². The van der Waals surface area contributed by atoms with E-state index in [0.717, 1.165) is 30.6 Å². The summed E-state index contributed by atoms with van der Waals surface area (Å²) in [6.45, 7) is 2.63. The van der Waals surface area contributed by atoms with Crippen LogP contribution in [-0.2, 0) is 11.3 Å². The molecule has 0 bridgehead atoms. The van der Waals surface area contributed by atoms with Gasteiger partial charge >= 0.3 is 0 Å².